The number of rotatable bonds is 6. The lowest BCUT2D eigenvalue weighted by Gasteiger charge is -2.37. The third-order valence-corrected chi connectivity index (χ3v) is 6.64. The van der Waals surface area contributed by atoms with Gasteiger partial charge in [0.1, 0.15) is 17.6 Å². The van der Waals surface area contributed by atoms with Gasteiger partial charge in [-0.25, -0.2) is 0 Å². The number of carbonyl (C=O) groups is 1. The Labute approximate surface area is 201 Å². The quantitative estimate of drug-likeness (QED) is 0.711. The second kappa shape index (κ2) is 10.1. The van der Waals surface area contributed by atoms with Crippen molar-refractivity contribution >= 4 is 17.3 Å². The van der Waals surface area contributed by atoms with E-state index in [-0.39, 0.29) is 18.1 Å². The van der Waals surface area contributed by atoms with Crippen molar-refractivity contribution in [2.45, 2.75) is 38.9 Å². The maximum atomic E-state index is 13.2. The van der Waals surface area contributed by atoms with Crippen LogP contribution in [0.1, 0.15) is 25.8 Å². The number of nitrogens with zero attached hydrogens (tertiary/aromatic N) is 3. The van der Waals surface area contributed by atoms with Gasteiger partial charge in [-0.15, -0.1) is 0 Å². The Balaban J connectivity index is 1.17. The normalized spacial score (nSPS) is 20.7. The molecule has 5 rings (SSSR count). The molecule has 1 amide bonds. The first-order valence-corrected chi connectivity index (χ1v) is 12.3. The van der Waals surface area contributed by atoms with E-state index in [0.717, 1.165) is 69.2 Å². The van der Waals surface area contributed by atoms with Crippen LogP contribution >= 0.6 is 0 Å². The molecule has 3 aliphatic heterocycles. The summed E-state index contributed by atoms with van der Waals surface area (Å²) < 4.78 is 6.01. The van der Waals surface area contributed by atoms with Gasteiger partial charge in [-0.2, -0.15) is 0 Å². The molecule has 1 atom stereocenters. The lowest BCUT2D eigenvalue weighted by atomic mass is 10.0. The number of carbonyl (C=O) groups excluding carboxylic acids is 1. The molecule has 3 aliphatic rings. The van der Waals surface area contributed by atoms with Crippen LogP contribution in [0, 0.1) is 0 Å². The van der Waals surface area contributed by atoms with Gasteiger partial charge >= 0.3 is 0 Å². The van der Waals surface area contributed by atoms with E-state index >= 15 is 0 Å². The van der Waals surface area contributed by atoms with E-state index in [1.165, 1.54) is 5.56 Å². The number of fused-ring (bicyclic) bond motifs is 1. The number of para-hydroxylation sites is 3. The number of piperazine rings is 1. The molecule has 3 heterocycles. The number of amides is 1. The van der Waals surface area contributed by atoms with E-state index in [9.17, 15) is 4.79 Å². The molecule has 0 bridgehead atoms. The van der Waals surface area contributed by atoms with Gasteiger partial charge in [0.2, 0.25) is 0 Å². The van der Waals surface area contributed by atoms with E-state index in [2.05, 4.69) is 47.3 Å². The molecule has 0 radical (unpaired) electrons. The number of benzene rings is 2. The second-order valence-corrected chi connectivity index (χ2v) is 9.45. The predicted molar refractivity (Wildman–Crippen MR) is 134 cm³/mol. The maximum absolute atomic E-state index is 13.2. The second-order valence-electron chi connectivity index (χ2n) is 9.45. The summed E-state index contributed by atoms with van der Waals surface area (Å²) in [6, 6.07) is 16.4. The van der Waals surface area contributed by atoms with Crippen molar-refractivity contribution in [1.29, 1.82) is 0 Å². The van der Waals surface area contributed by atoms with Crippen molar-refractivity contribution in [1.82, 2.24) is 10.4 Å². The van der Waals surface area contributed by atoms with Gasteiger partial charge in [0.25, 0.3) is 5.91 Å². The van der Waals surface area contributed by atoms with Crippen LogP contribution < -0.4 is 20.0 Å². The molecule has 2 aromatic rings. The summed E-state index contributed by atoms with van der Waals surface area (Å²) in [6.45, 7) is 9.35. The zero-order valence-corrected chi connectivity index (χ0v) is 20.1. The molecule has 180 valence electrons. The molecule has 0 spiro atoms. The topological polar surface area (TPSA) is 57.3 Å². The Morgan fingerprint density at radius 1 is 1.03 bits per heavy atom. The Morgan fingerprint density at radius 2 is 1.76 bits per heavy atom. The monoisotopic (exact) mass is 462 g/mol. The summed E-state index contributed by atoms with van der Waals surface area (Å²) in [5.41, 5.74) is 6.85. The molecule has 7 nitrogen and oxygen atoms in total. The van der Waals surface area contributed by atoms with Crippen molar-refractivity contribution in [3.8, 4) is 5.75 Å². The third kappa shape index (κ3) is 4.91. The molecular formula is C27H34N4O3. The van der Waals surface area contributed by atoms with E-state index in [1.54, 1.807) is 0 Å². The first-order chi connectivity index (χ1) is 16.6. The molecule has 0 aromatic heterocycles. The number of hydroxylamine groups is 1. The molecule has 2 aromatic carbocycles. The smallest absolute Gasteiger partial charge is 0.276 e. The number of aryl methyl sites for hydroxylation is 1. The SMILES string of the molecule is CC(C)Oc1ccccc1N1CCN(CC2C=C(C(=O)N3CCCc4ccccc43)NO2)CC1. The fourth-order valence-corrected chi connectivity index (χ4v) is 4.99. The molecule has 0 saturated carbocycles. The molecular weight excluding hydrogens is 428 g/mol. The molecule has 1 N–H and O–H groups in total. The molecule has 34 heavy (non-hydrogen) atoms. The van der Waals surface area contributed by atoms with Crippen molar-refractivity contribution in [3.63, 3.8) is 0 Å². The highest BCUT2D eigenvalue weighted by atomic mass is 16.7. The number of hydrogen-bond acceptors (Lipinski definition) is 6. The zero-order valence-electron chi connectivity index (χ0n) is 20.1. The van der Waals surface area contributed by atoms with Gasteiger partial charge in [0.15, 0.2) is 0 Å². The highest BCUT2D eigenvalue weighted by Crippen LogP contribution is 2.30. The minimum absolute atomic E-state index is 0.0128. The Hall–Kier alpha value is -3.03. The average molecular weight is 463 g/mol. The Bertz CT molecular complexity index is 1050. The zero-order chi connectivity index (χ0) is 23.5. The van der Waals surface area contributed by atoms with Crippen molar-refractivity contribution in [2.24, 2.45) is 0 Å². The summed E-state index contributed by atoms with van der Waals surface area (Å²) in [5, 5.41) is 0. The van der Waals surface area contributed by atoms with Crippen LogP contribution in [-0.2, 0) is 16.1 Å². The summed E-state index contributed by atoms with van der Waals surface area (Å²) in [7, 11) is 0. The number of nitrogens with one attached hydrogen (secondary N) is 1. The van der Waals surface area contributed by atoms with Crippen LogP contribution in [0.3, 0.4) is 0 Å². The van der Waals surface area contributed by atoms with E-state index in [0.29, 0.717) is 5.70 Å². The first-order valence-electron chi connectivity index (χ1n) is 12.3. The largest absolute Gasteiger partial charge is 0.489 e. The van der Waals surface area contributed by atoms with Crippen LogP contribution in [0.2, 0.25) is 0 Å². The van der Waals surface area contributed by atoms with Gasteiger partial charge in [-0.3, -0.25) is 20.0 Å². The van der Waals surface area contributed by atoms with Crippen LogP contribution in [0.5, 0.6) is 5.75 Å². The summed E-state index contributed by atoms with van der Waals surface area (Å²) in [6.07, 6.45) is 3.96. The van der Waals surface area contributed by atoms with Crippen LogP contribution in [0.15, 0.2) is 60.3 Å². The van der Waals surface area contributed by atoms with Crippen molar-refractivity contribution in [3.05, 3.63) is 65.9 Å². The maximum Gasteiger partial charge on any atom is 0.276 e. The summed E-state index contributed by atoms with van der Waals surface area (Å²) in [5.74, 6) is 0.931. The van der Waals surface area contributed by atoms with Gasteiger partial charge in [-0.05, 0) is 56.5 Å². The molecule has 1 fully saturated rings. The fourth-order valence-electron chi connectivity index (χ4n) is 4.99. The van der Waals surface area contributed by atoms with Gasteiger partial charge in [0.05, 0.1) is 11.8 Å². The van der Waals surface area contributed by atoms with Gasteiger partial charge in [-0.1, -0.05) is 30.3 Å². The van der Waals surface area contributed by atoms with Crippen LogP contribution in [0.25, 0.3) is 0 Å². The summed E-state index contributed by atoms with van der Waals surface area (Å²) in [4.78, 5) is 25.6. The predicted octanol–water partition coefficient (Wildman–Crippen LogP) is 3.36. The lowest BCUT2D eigenvalue weighted by molar-refractivity contribution is -0.116. The minimum Gasteiger partial charge on any atom is -0.489 e. The highest BCUT2D eigenvalue weighted by Gasteiger charge is 2.30. The molecule has 0 aliphatic carbocycles. The van der Waals surface area contributed by atoms with Crippen LogP contribution in [-0.4, -0.2) is 62.3 Å². The standard InChI is InChI=1S/C27H34N4O3/c1-20(2)33-26-12-6-5-11-25(26)30-16-14-29(15-17-30)19-22-18-23(28-34-22)27(32)31-13-7-9-21-8-3-4-10-24(21)31/h3-6,8,10-12,18,20,22,28H,7,9,13-17,19H2,1-2H3. The number of hydrogen-bond donors (Lipinski definition) is 1. The molecule has 1 saturated heterocycles. The average Bonchev–Trinajstić information content (AvgIpc) is 3.32. The molecule has 1 unspecified atom stereocenters. The van der Waals surface area contributed by atoms with E-state index in [1.807, 2.05) is 41.3 Å². The Morgan fingerprint density at radius 3 is 2.56 bits per heavy atom. The number of anilines is 2. The highest BCUT2D eigenvalue weighted by molar-refractivity contribution is 6.06. The lowest BCUT2D eigenvalue weighted by Crippen LogP contribution is -2.48. The summed E-state index contributed by atoms with van der Waals surface area (Å²) >= 11 is 0. The fraction of sp³-hybridized carbons (Fsp3) is 0.444. The number of ether oxygens (including phenoxy) is 1. The Kier molecular flexibility index (Phi) is 6.74. The minimum atomic E-state index is -0.137. The van der Waals surface area contributed by atoms with Gasteiger partial charge < -0.3 is 14.5 Å². The van der Waals surface area contributed by atoms with Crippen molar-refractivity contribution < 1.29 is 14.4 Å². The van der Waals surface area contributed by atoms with E-state index in [4.69, 9.17) is 9.57 Å². The van der Waals surface area contributed by atoms with Crippen LogP contribution in [0.4, 0.5) is 11.4 Å². The van der Waals surface area contributed by atoms with E-state index < -0.39 is 0 Å². The van der Waals surface area contributed by atoms with Gasteiger partial charge in [0, 0.05) is 45.0 Å². The third-order valence-electron chi connectivity index (χ3n) is 6.64. The molecule has 7 heteroatoms. The van der Waals surface area contributed by atoms with Crippen molar-refractivity contribution in [2.75, 3.05) is 49.1 Å². The first kappa shape index (κ1) is 22.7.